The SMILES string of the molecule is NC(=S)C(NC(=O)c1ccc(Br)o1)c1ccccc1. The van der Waals surface area contributed by atoms with Crippen molar-refractivity contribution in [3.63, 3.8) is 0 Å². The molecule has 1 atom stereocenters. The van der Waals surface area contributed by atoms with E-state index in [0.29, 0.717) is 4.67 Å². The molecule has 2 aromatic rings. The molecular formula is C13H11BrN2O2S. The highest BCUT2D eigenvalue weighted by Gasteiger charge is 2.19. The normalized spacial score (nSPS) is 11.8. The van der Waals surface area contributed by atoms with Crippen molar-refractivity contribution in [1.82, 2.24) is 5.32 Å². The molecule has 0 radical (unpaired) electrons. The number of thiocarbonyl (C=S) groups is 1. The number of rotatable bonds is 4. The van der Waals surface area contributed by atoms with E-state index in [9.17, 15) is 4.79 Å². The lowest BCUT2D eigenvalue weighted by molar-refractivity contribution is 0.0917. The van der Waals surface area contributed by atoms with Gasteiger partial charge in [0.05, 0.1) is 0 Å². The smallest absolute Gasteiger partial charge is 0.287 e. The van der Waals surface area contributed by atoms with Crippen molar-refractivity contribution in [2.24, 2.45) is 5.73 Å². The van der Waals surface area contributed by atoms with E-state index in [4.69, 9.17) is 22.4 Å². The number of amides is 1. The van der Waals surface area contributed by atoms with Crippen LogP contribution in [0, 0.1) is 0 Å². The Labute approximate surface area is 124 Å². The van der Waals surface area contributed by atoms with Crippen LogP contribution >= 0.6 is 28.1 Å². The maximum atomic E-state index is 12.0. The maximum Gasteiger partial charge on any atom is 0.287 e. The van der Waals surface area contributed by atoms with Crippen molar-refractivity contribution in [3.05, 3.63) is 58.5 Å². The summed E-state index contributed by atoms with van der Waals surface area (Å²) in [7, 11) is 0. The molecule has 0 aliphatic carbocycles. The predicted octanol–water partition coefficient (Wildman–Crippen LogP) is 2.80. The summed E-state index contributed by atoms with van der Waals surface area (Å²) in [6.07, 6.45) is 0. The molecule has 1 heterocycles. The van der Waals surface area contributed by atoms with Gasteiger partial charge in [-0.1, -0.05) is 42.5 Å². The van der Waals surface area contributed by atoms with Gasteiger partial charge in [-0.3, -0.25) is 4.79 Å². The first-order valence-electron chi connectivity index (χ1n) is 5.48. The fourth-order valence-corrected chi connectivity index (χ4v) is 2.10. The molecule has 0 aliphatic heterocycles. The van der Waals surface area contributed by atoms with E-state index in [-0.39, 0.29) is 16.7 Å². The molecule has 2 rings (SSSR count). The van der Waals surface area contributed by atoms with E-state index in [1.54, 1.807) is 12.1 Å². The molecule has 0 fully saturated rings. The van der Waals surface area contributed by atoms with Crippen LogP contribution in [0.15, 0.2) is 51.6 Å². The number of benzene rings is 1. The lowest BCUT2D eigenvalue weighted by Gasteiger charge is -2.17. The first kappa shape index (κ1) is 13.8. The Morgan fingerprint density at radius 2 is 1.95 bits per heavy atom. The highest BCUT2D eigenvalue weighted by atomic mass is 79.9. The summed E-state index contributed by atoms with van der Waals surface area (Å²) in [5, 5.41) is 2.74. The number of carbonyl (C=O) groups is 1. The molecule has 98 valence electrons. The summed E-state index contributed by atoms with van der Waals surface area (Å²) in [4.78, 5) is 12.2. The van der Waals surface area contributed by atoms with Crippen LogP contribution < -0.4 is 11.1 Å². The highest BCUT2D eigenvalue weighted by Crippen LogP contribution is 2.17. The third kappa shape index (κ3) is 3.42. The Balaban J connectivity index is 2.18. The highest BCUT2D eigenvalue weighted by molar-refractivity contribution is 9.10. The quantitative estimate of drug-likeness (QED) is 0.841. The minimum atomic E-state index is -0.521. The minimum absolute atomic E-state index is 0.198. The van der Waals surface area contributed by atoms with Gasteiger partial charge in [0, 0.05) is 0 Å². The Kier molecular flexibility index (Phi) is 4.34. The lowest BCUT2D eigenvalue weighted by Crippen LogP contribution is -2.36. The molecule has 0 saturated heterocycles. The van der Waals surface area contributed by atoms with E-state index < -0.39 is 6.04 Å². The molecule has 0 spiro atoms. The van der Waals surface area contributed by atoms with Crippen molar-refractivity contribution in [1.29, 1.82) is 0 Å². The molecule has 6 heteroatoms. The molecule has 1 aromatic heterocycles. The van der Waals surface area contributed by atoms with E-state index >= 15 is 0 Å². The monoisotopic (exact) mass is 338 g/mol. The maximum absolute atomic E-state index is 12.0. The number of halogens is 1. The molecule has 1 unspecified atom stereocenters. The van der Waals surface area contributed by atoms with Crippen LogP contribution in [0.5, 0.6) is 0 Å². The fraction of sp³-hybridized carbons (Fsp3) is 0.0769. The van der Waals surface area contributed by atoms with Gasteiger partial charge in [0.2, 0.25) is 0 Å². The zero-order valence-electron chi connectivity index (χ0n) is 9.80. The average molecular weight is 339 g/mol. The third-order valence-electron chi connectivity index (χ3n) is 2.49. The Bertz CT molecular complexity index is 598. The van der Waals surface area contributed by atoms with Crippen molar-refractivity contribution in [2.45, 2.75) is 6.04 Å². The van der Waals surface area contributed by atoms with Gasteiger partial charge in [0.15, 0.2) is 10.4 Å². The second-order valence-corrected chi connectivity index (χ2v) is 5.08. The summed E-state index contributed by atoms with van der Waals surface area (Å²) in [5.74, 6) is -0.170. The zero-order chi connectivity index (χ0) is 13.8. The van der Waals surface area contributed by atoms with Crippen molar-refractivity contribution >= 4 is 39.0 Å². The van der Waals surface area contributed by atoms with Crippen LogP contribution in [-0.4, -0.2) is 10.9 Å². The van der Waals surface area contributed by atoms with E-state index in [0.717, 1.165) is 5.56 Å². The van der Waals surface area contributed by atoms with Crippen molar-refractivity contribution < 1.29 is 9.21 Å². The van der Waals surface area contributed by atoms with Crippen LogP contribution in [0.3, 0.4) is 0 Å². The molecule has 0 bridgehead atoms. The number of carbonyl (C=O) groups excluding carboxylic acids is 1. The first-order valence-corrected chi connectivity index (χ1v) is 6.68. The fourth-order valence-electron chi connectivity index (χ4n) is 1.60. The Morgan fingerprint density at radius 3 is 2.47 bits per heavy atom. The number of nitrogens with two attached hydrogens (primary N) is 1. The van der Waals surface area contributed by atoms with Gasteiger partial charge in [-0.25, -0.2) is 0 Å². The van der Waals surface area contributed by atoms with Gasteiger partial charge in [-0.2, -0.15) is 0 Å². The van der Waals surface area contributed by atoms with Gasteiger partial charge in [-0.15, -0.1) is 0 Å². The molecule has 0 saturated carbocycles. The predicted molar refractivity (Wildman–Crippen MR) is 79.8 cm³/mol. The van der Waals surface area contributed by atoms with Crippen LogP contribution in [-0.2, 0) is 0 Å². The molecular weight excluding hydrogens is 328 g/mol. The van der Waals surface area contributed by atoms with Gasteiger partial charge < -0.3 is 15.5 Å². The Morgan fingerprint density at radius 1 is 1.26 bits per heavy atom. The topological polar surface area (TPSA) is 68.3 Å². The van der Waals surface area contributed by atoms with Crippen molar-refractivity contribution in [2.75, 3.05) is 0 Å². The van der Waals surface area contributed by atoms with Gasteiger partial charge in [0.25, 0.3) is 5.91 Å². The van der Waals surface area contributed by atoms with Crippen LogP contribution in [0.25, 0.3) is 0 Å². The molecule has 19 heavy (non-hydrogen) atoms. The van der Waals surface area contributed by atoms with Crippen LogP contribution in [0.2, 0.25) is 0 Å². The molecule has 4 nitrogen and oxygen atoms in total. The largest absolute Gasteiger partial charge is 0.444 e. The second-order valence-electron chi connectivity index (χ2n) is 3.82. The van der Waals surface area contributed by atoms with Crippen LogP contribution in [0.4, 0.5) is 0 Å². The standard InChI is InChI=1S/C13H11BrN2O2S/c14-10-7-6-9(18-10)13(17)16-11(12(15)19)8-4-2-1-3-5-8/h1-7,11H,(H2,15,19)(H,16,17). The summed E-state index contributed by atoms with van der Waals surface area (Å²) >= 11 is 8.14. The van der Waals surface area contributed by atoms with Gasteiger partial charge in [0.1, 0.15) is 11.0 Å². The lowest BCUT2D eigenvalue weighted by atomic mass is 10.1. The number of hydrogen-bond donors (Lipinski definition) is 2. The number of hydrogen-bond acceptors (Lipinski definition) is 3. The molecule has 0 aliphatic rings. The Hall–Kier alpha value is -1.66. The van der Waals surface area contributed by atoms with Gasteiger partial charge in [-0.05, 0) is 33.6 Å². The van der Waals surface area contributed by atoms with Crippen LogP contribution in [0.1, 0.15) is 22.2 Å². The van der Waals surface area contributed by atoms with E-state index in [1.165, 1.54) is 0 Å². The summed E-state index contributed by atoms with van der Waals surface area (Å²) < 4.78 is 5.67. The average Bonchev–Trinajstić information content (AvgIpc) is 2.83. The third-order valence-corrected chi connectivity index (χ3v) is 3.15. The molecule has 1 aromatic carbocycles. The van der Waals surface area contributed by atoms with E-state index in [1.807, 2.05) is 30.3 Å². The number of nitrogens with one attached hydrogen (secondary N) is 1. The first-order chi connectivity index (χ1) is 9.08. The molecule has 3 N–H and O–H groups in total. The van der Waals surface area contributed by atoms with Gasteiger partial charge >= 0.3 is 0 Å². The summed E-state index contributed by atoms with van der Waals surface area (Å²) in [5.41, 5.74) is 6.50. The van der Waals surface area contributed by atoms with Crippen molar-refractivity contribution in [3.8, 4) is 0 Å². The zero-order valence-corrected chi connectivity index (χ0v) is 12.2. The van der Waals surface area contributed by atoms with E-state index in [2.05, 4.69) is 21.2 Å². The second kappa shape index (κ2) is 5.99. The summed E-state index contributed by atoms with van der Waals surface area (Å²) in [6, 6.07) is 12.0. The number of furan rings is 1. The molecule has 1 amide bonds. The minimum Gasteiger partial charge on any atom is -0.444 e. The summed E-state index contributed by atoms with van der Waals surface area (Å²) in [6.45, 7) is 0.